The normalized spacial score (nSPS) is 10.6. The fourth-order valence-electron chi connectivity index (χ4n) is 3.22. The maximum absolute atomic E-state index is 13.2. The number of hydrogen-bond donors (Lipinski definition) is 2. The third-order valence-electron chi connectivity index (χ3n) is 4.76. The van der Waals surface area contributed by atoms with E-state index in [4.69, 9.17) is 23.2 Å². The Morgan fingerprint density at radius 3 is 2.39 bits per heavy atom. The zero-order valence-corrected chi connectivity index (χ0v) is 19.1. The summed E-state index contributed by atoms with van der Waals surface area (Å²) in [6, 6.07) is 19.2. The second kappa shape index (κ2) is 9.85. The molecule has 0 bridgehead atoms. The fourth-order valence-corrected chi connectivity index (χ4v) is 3.79. The van der Waals surface area contributed by atoms with Crippen molar-refractivity contribution in [3.63, 3.8) is 0 Å². The predicted octanol–water partition coefficient (Wildman–Crippen LogP) is 5.24. The van der Waals surface area contributed by atoms with Crippen molar-refractivity contribution in [3.05, 3.63) is 94.2 Å². The number of aromatic nitrogens is 3. The number of carbonyl (C=O) groups is 2. The summed E-state index contributed by atoms with van der Waals surface area (Å²) in [7, 11) is 0. The molecule has 0 aliphatic heterocycles. The average Bonchev–Trinajstić information content (AvgIpc) is 3.24. The number of hydrogen-bond acceptors (Lipinski definition) is 4. The van der Waals surface area contributed by atoms with Gasteiger partial charge in [-0.2, -0.15) is 5.10 Å². The van der Waals surface area contributed by atoms with Gasteiger partial charge in [-0.25, -0.2) is 4.68 Å². The largest absolute Gasteiger partial charge is 0.351 e. The van der Waals surface area contributed by atoms with Gasteiger partial charge in [-0.15, -0.1) is 0 Å². The average molecular weight is 480 g/mol. The molecule has 33 heavy (non-hydrogen) atoms. The van der Waals surface area contributed by atoms with Crippen molar-refractivity contribution in [1.82, 2.24) is 20.1 Å². The lowest BCUT2D eigenvalue weighted by Crippen LogP contribution is -2.23. The summed E-state index contributed by atoms with van der Waals surface area (Å²) in [5.41, 5.74) is 2.25. The van der Waals surface area contributed by atoms with Gasteiger partial charge in [0.1, 0.15) is 5.82 Å². The van der Waals surface area contributed by atoms with Gasteiger partial charge in [0.2, 0.25) is 0 Å². The molecule has 0 unspecified atom stereocenters. The van der Waals surface area contributed by atoms with Crippen LogP contribution in [0.5, 0.6) is 0 Å². The Labute approximate surface area is 200 Å². The topological polar surface area (TPSA) is 88.9 Å². The molecule has 9 heteroatoms. The first-order valence-corrected chi connectivity index (χ1v) is 10.9. The molecular weight excluding hydrogens is 461 g/mol. The van der Waals surface area contributed by atoms with E-state index in [2.05, 4.69) is 20.7 Å². The van der Waals surface area contributed by atoms with E-state index in [0.29, 0.717) is 34.3 Å². The molecular formula is C24H19Cl2N5O2. The van der Waals surface area contributed by atoms with Crippen LogP contribution in [0.15, 0.2) is 72.9 Å². The SMILES string of the molecule is CCNC(=O)c1cc(NC(=O)c2cc(-c3ccccn3)c(Cl)cc2Cl)n(-c2ccccc2)n1. The molecule has 2 aromatic carbocycles. The first-order chi connectivity index (χ1) is 16.0. The molecule has 0 saturated carbocycles. The smallest absolute Gasteiger partial charge is 0.271 e. The Morgan fingerprint density at radius 1 is 0.939 bits per heavy atom. The van der Waals surface area contributed by atoms with Crippen molar-refractivity contribution < 1.29 is 9.59 Å². The minimum absolute atomic E-state index is 0.174. The molecule has 7 nitrogen and oxygen atoms in total. The first kappa shape index (κ1) is 22.5. The molecule has 2 aromatic heterocycles. The Kier molecular flexibility index (Phi) is 6.72. The molecule has 0 radical (unpaired) electrons. The minimum Gasteiger partial charge on any atom is -0.351 e. The molecule has 2 heterocycles. The number of para-hydroxylation sites is 1. The zero-order valence-electron chi connectivity index (χ0n) is 17.5. The lowest BCUT2D eigenvalue weighted by molar-refractivity contribution is 0.0949. The number of anilines is 1. The maximum Gasteiger partial charge on any atom is 0.271 e. The van der Waals surface area contributed by atoms with E-state index >= 15 is 0 Å². The highest BCUT2D eigenvalue weighted by Crippen LogP contribution is 2.32. The molecule has 0 atom stereocenters. The van der Waals surface area contributed by atoms with Gasteiger partial charge < -0.3 is 10.6 Å². The summed E-state index contributed by atoms with van der Waals surface area (Å²) in [6.07, 6.45) is 1.64. The summed E-state index contributed by atoms with van der Waals surface area (Å²) >= 11 is 12.7. The highest BCUT2D eigenvalue weighted by Gasteiger charge is 2.20. The lowest BCUT2D eigenvalue weighted by atomic mass is 10.1. The van der Waals surface area contributed by atoms with Crippen LogP contribution in [0.4, 0.5) is 5.82 Å². The molecule has 2 amide bonds. The van der Waals surface area contributed by atoms with Crippen molar-refractivity contribution in [2.45, 2.75) is 6.92 Å². The van der Waals surface area contributed by atoms with E-state index in [1.165, 1.54) is 16.8 Å². The van der Waals surface area contributed by atoms with Gasteiger partial charge in [-0.1, -0.05) is 47.5 Å². The van der Waals surface area contributed by atoms with Gasteiger partial charge in [0.25, 0.3) is 11.8 Å². The molecule has 0 spiro atoms. The van der Waals surface area contributed by atoms with E-state index in [1.54, 1.807) is 24.4 Å². The summed E-state index contributed by atoms with van der Waals surface area (Å²) < 4.78 is 1.49. The van der Waals surface area contributed by atoms with E-state index in [0.717, 1.165) is 0 Å². The van der Waals surface area contributed by atoms with Crippen molar-refractivity contribution in [1.29, 1.82) is 0 Å². The zero-order chi connectivity index (χ0) is 23.4. The monoisotopic (exact) mass is 479 g/mol. The van der Waals surface area contributed by atoms with Gasteiger partial charge in [-0.05, 0) is 43.3 Å². The lowest BCUT2D eigenvalue weighted by Gasteiger charge is -2.12. The number of rotatable bonds is 6. The van der Waals surface area contributed by atoms with E-state index in [9.17, 15) is 9.59 Å². The van der Waals surface area contributed by atoms with Crippen LogP contribution in [0.25, 0.3) is 16.9 Å². The van der Waals surface area contributed by atoms with Crippen LogP contribution in [0.3, 0.4) is 0 Å². The second-order valence-corrected chi connectivity index (χ2v) is 7.82. The standard InChI is InChI=1S/C24H19Cl2N5O2/c1-2-27-24(33)21-14-22(31(30-21)15-8-4-3-5-9-15)29-23(32)17-12-16(18(25)13-19(17)26)20-10-6-7-11-28-20/h3-14H,2H2,1H3,(H,27,33)(H,29,32). The molecule has 166 valence electrons. The van der Waals surface area contributed by atoms with Crippen molar-refractivity contribution in [2.24, 2.45) is 0 Å². The predicted molar refractivity (Wildman–Crippen MR) is 129 cm³/mol. The highest BCUT2D eigenvalue weighted by molar-refractivity contribution is 6.38. The Balaban J connectivity index is 1.72. The van der Waals surface area contributed by atoms with Gasteiger partial charge in [0, 0.05) is 24.4 Å². The van der Waals surface area contributed by atoms with E-state index < -0.39 is 5.91 Å². The van der Waals surface area contributed by atoms with Gasteiger partial charge in [-0.3, -0.25) is 14.6 Å². The van der Waals surface area contributed by atoms with Gasteiger partial charge in [0.05, 0.1) is 27.0 Å². The summed E-state index contributed by atoms with van der Waals surface area (Å²) in [5.74, 6) is -0.504. The van der Waals surface area contributed by atoms with Crippen molar-refractivity contribution >= 4 is 40.8 Å². The number of amides is 2. The maximum atomic E-state index is 13.2. The van der Waals surface area contributed by atoms with Crippen LogP contribution in [0.1, 0.15) is 27.8 Å². The van der Waals surface area contributed by atoms with E-state index in [-0.39, 0.29) is 22.2 Å². The molecule has 0 aliphatic carbocycles. The molecule has 0 saturated heterocycles. The molecule has 0 fully saturated rings. The number of nitrogens with zero attached hydrogens (tertiary/aromatic N) is 3. The summed E-state index contributed by atoms with van der Waals surface area (Å²) in [5, 5.41) is 10.5. The van der Waals surface area contributed by atoms with Gasteiger partial charge >= 0.3 is 0 Å². The summed E-state index contributed by atoms with van der Waals surface area (Å²) in [4.78, 5) is 29.9. The number of benzene rings is 2. The van der Waals surface area contributed by atoms with Crippen LogP contribution in [0, 0.1) is 0 Å². The molecule has 4 rings (SSSR count). The number of nitrogens with one attached hydrogen (secondary N) is 2. The van der Waals surface area contributed by atoms with Crippen LogP contribution < -0.4 is 10.6 Å². The van der Waals surface area contributed by atoms with E-state index in [1.807, 2.05) is 43.3 Å². The number of pyridine rings is 1. The Hall–Kier alpha value is -3.68. The third kappa shape index (κ3) is 4.89. The van der Waals surface area contributed by atoms with Crippen LogP contribution in [-0.4, -0.2) is 33.1 Å². The molecule has 2 N–H and O–H groups in total. The molecule has 4 aromatic rings. The van der Waals surface area contributed by atoms with Crippen LogP contribution in [-0.2, 0) is 0 Å². The van der Waals surface area contributed by atoms with Crippen LogP contribution >= 0.6 is 23.2 Å². The van der Waals surface area contributed by atoms with Crippen molar-refractivity contribution in [2.75, 3.05) is 11.9 Å². The first-order valence-electron chi connectivity index (χ1n) is 10.1. The number of carbonyl (C=O) groups excluding carboxylic acids is 2. The Bertz CT molecular complexity index is 1310. The quantitative estimate of drug-likeness (QED) is 0.395. The summed E-state index contributed by atoms with van der Waals surface area (Å²) in [6.45, 7) is 2.27. The minimum atomic E-state index is -0.478. The number of halogens is 2. The fraction of sp³-hybridized carbons (Fsp3) is 0.0833. The Morgan fingerprint density at radius 2 is 1.70 bits per heavy atom. The third-order valence-corrected chi connectivity index (χ3v) is 5.39. The van der Waals surface area contributed by atoms with Gasteiger partial charge in [0.15, 0.2) is 5.69 Å². The molecule has 0 aliphatic rings. The highest BCUT2D eigenvalue weighted by atomic mass is 35.5. The second-order valence-electron chi connectivity index (χ2n) is 7.00. The van der Waals surface area contributed by atoms with Crippen molar-refractivity contribution in [3.8, 4) is 16.9 Å². The van der Waals surface area contributed by atoms with Crippen LogP contribution in [0.2, 0.25) is 10.0 Å².